The number of pyridine rings is 1. The van der Waals surface area contributed by atoms with E-state index in [2.05, 4.69) is 20.3 Å². The SMILES string of the molecule is CCc1ccnc(NC(=O)c2nccnc2N2CC(Oc3cc(F)cc(Cl)c3)C2)c1. The average Bonchev–Trinajstić information content (AvgIpc) is 2.70. The lowest BCUT2D eigenvalue weighted by atomic mass is 10.1. The number of hydrogen-bond donors (Lipinski definition) is 1. The summed E-state index contributed by atoms with van der Waals surface area (Å²) in [6, 6.07) is 7.79. The first-order valence-corrected chi connectivity index (χ1v) is 9.84. The molecular formula is C21H19ClFN5O2. The predicted octanol–water partition coefficient (Wildman–Crippen LogP) is 3.75. The smallest absolute Gasteiger partial charge is 0.279 e. The van der Waals surface area contributed by atoms with Crippen LogP contribution in [-0.2, 0) is 6.42 Å². The van der Waals surface area contributed by atoms with Gasteiger partial charge in [0, 0.05) is 29.7 Å². The Labute approximate surface area is 177 Å². The molecule has 1 amide bonds. The number of aryl methyl sites for hydroxylation is 1. The molecule has 1 aliphatic heterocycles. The van der Waals surface area contributed by atoms with Crippen molar-refractivity contribution in [2.75, 3.05) is 23.3 Å². The van der Waals surface area contributed by atoms with Crippen molar-refractivity contribution in [2.24, 2.45) is 0 Å². The number of ether oxygens (including phenoxy) is 1. The molecule has 0 unspecified atom stereocenters. The summed E-state index contributed by atoms with van der Waals surface area (Å²) in [6.45, 7) is 3.00. The third-order valence-electron chi connectivity index (χ3n) is 4.65. The number of aromatic nitrogens is 3. The van der Waals surface area contributed by atoms with Gasteiger partial charge in [-0.15, -0.1) is 0 Å². The van der Waals surface area contributed by atoms with E-state index in [1.54, 1.807) is 12.3 Å². The van der Waals surface area contributed by atoms with Crippen molar-refractivity contribution < 1.29 is 13.9 Å². The Morgan fingerprint density at radius 3 is 2.77 bits per heavy atom. The van der Waals surface area contributed by atoms with Gasteiger partial charge in [-0.05, 0) is 36.2 Å². The second kappa shape index (κ2) is 8.62. The Hall–Kier alpha value is -3.26. The summed E-state index contributed by atoms with van der Waals surface area (Å²) < 4.78 is 19.2. The summed E-state index contributed by atoms with van der Waals surface area (Å²) in [5.41, 5.74) is 1.27. The van der Waals surface area contributed by atoms with Crippen molar-refractivity contribution in [2.45, 2.75) is 19.4 Å². The molecule has 0 atom stereocenters. The summed E-state index contributed by atoms with van der Waals surface area (Å²) in [5.74, 6) is 0.439. The molecule has 9 heteroatoms. The maximum absolute atomic E-state index is 13.5. The number of carbonyl (C=O) groups is 1. The van der Waals surface area contributed by atoms with Crippen molar-refractivity contribution in [1.82, 2.24) is 15.0 Å². The standard InChI is InChI=1S/C21H19ClFN5O2/c1-2-13-3-4-24-18(7-13)27-21(29)19-20(26-6-5-25-19)28-11-17(12-28)30-16-9-14(22)8-15(23)10-16/h3-10,17H,2,11-12H2,1H3,(H,24,27,29). The normalized spacial score (nSPS) is 13.6. The third-order valence-corrected chi connectivity index (χ3v) is 4.87. The van der Waals surface area contributed by atoms with E-state index in [0.717, 1.165) is 12.0 Å². The van der Waals surface area contributed by atoms with Crippen LogP contribution in [0.1, 0.15) is 23.0 Å². The molecule has 0 bridgehead atoms. The van der Waals surface area contributed by atoms with Gasteiger partial charge in [0.2, 0.25) is 0 Å². The Bertz CT molecular complexity index is 1050. The maximum atomic E-state index is 13.5. The van der Waals surface area contributed by atoms with Crippen molar-refractivity contribution in [1.29, 1.82) is 0 Å². The summed E-state index contributed by atoms with van der Waals surface area (Å²) >= 11 is 5.86. The highest BCUT2D eigenvalue weighted by Crippen LogP contribution is 2.27. The van der Waals surface area contributed by atoms with E-state index in [4.69, 9.17) is 16.3 Å². The van der Waals surface area contributed by atoms with E-state index in [9.17, 15) is 9.18 Å². The zero-order chi connectivity index (χ0) is 21.1. The molecule has 1 saturated heterocycles. The van der Waals surface area contributed by atoms with Gasteiger partial charge in [0.05, 0.1) is 13.1 Å². The van der Waals surface area contributed by atoms with Crippen molar-refractivity contribution >= 4 is 29.1 Å². The molecule has 4 rings (SSSR count). The number of nitrogens with one attached hydrogen (secondary N) is 1. The van der Waals surface area contributed by atoms with Crippen LogP contribution in [0, 0.1) is 5.82 Å². The summed E-state index contributed by atoms with van der Waals surface area (Å²) in [5, 5.41) is 3.05. The fourth-order valence-corrected chi connectivity index (χ4v) is 3.35. The van der Waals surface area contributed by atoms with E-state index in [0.29, 0.717) is 30.5 Å². The van der Waals surface area contributed by atoms with Gasteiger partial charge in [-0.3, -0.25) is 4.79 Å². The lowest BCUT2D eigenvalue weighted by Crippen LogP contribution is -2.54. The zero-order valence-corrected chi connectivity index (χ0v) is 16.9. The number of carbonyl (C=O) groups excluding carboxylic acids is 1. The van der Waals surface area contributed by atoms with Crippen LogP contribution in [0.3, 0.4) is 0 Å². The summed E-state index contributed by atoms with van der Waals surface area (Å²) in [7, 11) is 0. The van der Waals surface area contributed by atoms with E-state index < -0.39 is 5.82 Å². The minimum Gasteiger partial charge on any atom is -0.487 e. The molecule has 154 valence electrons. The fourth-order valence-electron chi connectivity index (χ4n) is 3.13. The summed E-state index contributed by atoms with van der Waals surface area (Å²) in [4.78, 5) is 27.3. The van der Waals surface area contributed by atoms with Crippen LogP contribution < -0.4 is 15.0 Å². The van der Waals surface area contributed by atoms with Gasteiger partial charge in [-0.2, -0.15) is 0 Å². The molecule has 7 nitrogen and oxygen atoms in total. The van der Waals surface area contributed by atoms with Gasteiger partial charge in [-0.1, -0.05) is 18.5 Å². The van der Waals surface area contributed by atoms with E-state index >= 15 is 0 Å². The fraction of sp³-hybridized carbons (Fsp3) is 0.238. The summed E-state index contributed by atoms with van der Waals surface area (Å²) in [6.07, 6.45) is 5.32. The number of hydrogen-bond acceptors (Lipinski definition) is 6. The Morgan fingerprint density at radius 2 is 2.00 bits per heavy atom. The monoisotopic (exact) mass is 427 g/mol. The minimum atomic E-state index is -0.456. The van der Waals surface area contributed by atoms with Crippen LogP contribution in [0.5, 0.6) is 5.75 Å². The number of anilines is 2. The van der Waals surface area contributed by atoms with Crippen molar-refractivity contribution in [3.05, 3.63) is 71.0 Å². The molecule has 3 aromatic rings. The average molecular weight is 428 g/mol. The highest BCUT2D eigenvalue weighted by molar-refractivity contribution is 6.30. The quantitative estimate of drug-likeness (QED) is 0.645. The number of halogens is 2. The van der Waals surface area contributed by atoms with Gasteiger partial charge >= 0.3 is 0 Å². The molecule has 1 aromatic carbocycles. The second-order valence-corrected chi connectivity index (χ2v) is 7.27. The van der Waals surface area contributed by atoms with E-state index in [-0.39, 0.29) is 22.7 Å². The molecule has 30 heavy (non-hydrogen) atoms. The third kappa shape index (κ3) is 4.49. The number of nitrogens with zero attached hydrogens (tertiary/aromatic N) is 4. The Kier molecular flexibility index (Phi) is 5.76. The molecule has 0 spiro atoms. The van der Waals surface area contributed by atoms with Gasteiger partial charge in [0.25, 0.3) is 5.91 Å². The van der Waals surface area contributed by atoms with Crippen LogP contribution in [0.25, 0.3) is 0 Å². The van der Waals surface area contributed by atoms with Crippen LogP contribution in [0.15, 0.2) is 48.9 Å². The largest absolute Gasteiger partial charge is 0.487 e. The van der Waals surface area contributed by atoms with Crippen LogP contribution in [-0.4, -0.2) is 40.1 Å². The topological polar surface area (TPSA) is 80.2 Å². The van der Waals surface area contributed by atoms with Crippen molar-refractivity contribution in [3.8, 4) is 5.75 Å². The van der Waals surface area contributed by atoms with Crippen LogP contribution in [0.4, 0.5) is 16.0 Å². The molecule has 1 N–H and O–H groups in total. The molecule has 2 aromatic heterocycles. The van der Waals surface area contributed by atoms with Gasteiger partial charge < -0.3 is 15.0 Å². The van der Waals surface area contributed by atoms with Crippen LogP contribution in [0.2, 0.25) is 5.02 Å². The van der Waals surface area contributed by atoms with E-state index in [1.165, 1.54) is 24.5 Å². The lowest BCUT2D eigenvalue weighted by Gasteiger charge is -2.40. The Morgan fingerprint density at radius 1 is 1.20 bits per heavy atom. The molecule has 0 aliphatic carbocycles. The lowest BCUT2D eigenvalue weighted by molar-refractivity contribution is 0.102. The number of benzene rings is 1. The highest BCUT2D eigenvalue weighted by Gasteiger charge is 2.33. The molecule has 0 saturated carbocycles. The zero-order valence-electron chi connectivity index (χ0n) is 16.2. The van der Waals surface area contributed by atoms with Gasteiger partial charge in [0.15, 0.2) is 11.5 Å². The Balaban J connectivity index is 1.43. The van der Waals surface area contributed by atoms with Gasteiger partial charge in [-0.25, -0.2) is 19.3 Å². The van der Waals surface area contributed by atoms with E-state index in [1.807, 2.05) is 24.0 Å². The van der Waals surface area contributed by atoms with Crippen LogP contribution >= 0.6 is 11.6 Å². The highest BCUT2D eigenvalue weighted by atomic mass is 35.5. The first-order valence-electron chi connectivity index (χ1n) is 9.47. The van der Waals surface area contributed by atoms with Crippen molar-refractivity contribution in [3.63, 3.8) is 0 Å². The first kappa shape index (κ1) is 20.0. The molecule has 1 aliphatic rings. The minimum absolute atomic E-state index is 0.177. The van der Waals surface area contributed by atoms with Gasteiger partial charge in [0.1, 0.15) is 23.5 Å². The maximum Gasteiger partial charge on any atom is 0.279 e. The predicted molar refractivity (Wildman–Crippen MR) is 112 cm³/mol. The molecule has 0 radical (unpaired) electrons. The second-order valence-electron chi connectivity index (χ2n) is 6.84. The molecule has 1 fully saturated rings. The first-order chi connectivity index (χ1) is 14.5. The molecular weight excluding hydrogens is 409 g/mol. The number of rotatable bonds is 6. The number of amides is 1. The molecule has 3 heterocycles.